The van der Waals surface area contributed by atoms with Crippen molar-refractivity contribution in [1.29, 1.82) is 0 Å². The molecule has 1 heterocycles. The van der Waals surface area contributed by atoms with Crippen molar-refractivity contribution >= 4 is 31.9 Å². The molecule has 20 heavy (non-hydrogen) atoms. The molecule has 2 rings (SSSR count). The van der Waals surface area contributed by atoms with Crippen molar-refractivity contribution in [2.45, 2.75) is 32.7 Å². The van der Waals surface area contributed by atoms with Crippen LogP contribution in [0.3, 0.4) is 0 Å². The van der Waals surface area contributed by atoms with Gasteiger partial charge in [-0.15, -0.1) is 0 Å². The first-order valence-electron chi connectivity index (χ1n) is 6.74. The smallest absolute Gasteiger partial charge is 0.0738 e. The second kappa shape index (κ2) is 6.87. The van der Waals surface area contributed by atoms with Crippen molar-refractivity contribution in [3.8, 4) is 0 Å². The van der Waals surface area contributed by atoms with E-state index in [4.69, 9.17) is 5.73 Å². The lowest BCUT2D eigenvalue weighted by atomic mass is 9.94. The first-order chi connectivity index (χ1) is 9.58. The van der Waals surface area contributed by atoms with Gasteiger partial charge in [0.2, 0.25) is 0 Å². The number of halogens is 2. The molecule has 1 atom stereocenters. The Hall–Kier alpha value is -0.650. The van der Waals surface area contributed by atoms with Crippen LogP contribution in [-0.4, -0.2) is 16.3 Å². The predicted molar refractivity (Wildman–Crippen MR) is 90.0 cm³/mol. The molecule has 1 aromatic heterocycles. The topological polar surface area (TPSA) is 43.8 Å². The zero-order chi connectivity index (χ0) is 14.7. The quantitative estimate of drug-likeness (QED) is 0.823. The van der Waals surface area contributed by atoms with E-state index in [1.807, 2.05) is 13.0 Å². The molecule has 0 aliphatic rings. The Labute approximate surface area is 136 Å². The van der Waals surface area contributed by atoms with Crippen molar-refractivity contribution in [2.24, 2.45) is 5.73 Å². The minimum atomic E-state index is 0.281. The molecule has 108 valence electrons. The lowest BCUT2D eigenvalue weighted by Gasteiger charge is -2.18. The van der Waals surface area contributed by atoms with Crippen LogP contribution in [-0.2, 0) is 13.0 Å². The average molecular weight is 401 g/mol. The van der Waals surface area contributed by atoms with Gasteiger partial charge in [0.25, 0.3) is 0 Å². The van der Waals surface area contributed by atoms with E-state index in [2.05, 4.69) is 66.8 Å². The van der Waals surface area contributed by atoms with Crippen molar-refractivity contribution in [2.75, 3.05) is 6.54 Å². The van der Waals surface area contributed by atoms with Gasteiger partial charge < -0.3 is 5.73 Å². The van der Waals surface area contributed by atoms with Gasteiger partial charge in [0.15, 0.2) is 0 Å². The van der Waals surface area contributed by atoms with E-state index in [0.717, 1.165) is 27.6 Å². The number of nitrogens with two attached hydrogens (primary N) is 1. The molecule has 1 aromatic carbocycles. The third-order valence-corrected chi connectivity index (χ3v) is 5.28. The lowest BCUT2D eigenvalue weighted by Crippen LogP contribution is -2.17. The summed E-state index contributed by atoms with van der Waals surface area (Å²) < 4.78 is 4.27. The fourth-order valence-corrected chi connectivity index (χ4v) is 3.48. The van der Waals surface area contributed by atoms with Crippen LogP contribution in [0, 0.1) is 6.92 Å². The molecule has 2 aromatic rings. The number of benzene rings is 1. The highest BCUT2D eigenvalue weighted by Gasteiger charge is 2.19. The van der Waals surface area contributed by atoms with Gasteiger partial charge in [0.05, 0.1) is 15.9 Å². The van der Waals surface area contributed by atoms with Crippen LogP contribution in [0.4, 0.5) is 0 Å². The number of hydrogen-bond donors (Lipinski definition) is 1. The van der Waals surface area contributed by atoms with Crippen molar-refractivity contribution in [3.63, 3.8) is 0 Å². The van der Waals surface area contributed by atoms with Gasteiger partial charge in [-0.3, -0.25) is 4.68 Å². The maximum absolute atomic E-state index is 6.00. The molecule has 0 bridgehead atoms. The minimum absolute atomic E-state index is 0.281. The van der Waals surface area contributed by atoms with Gasteiger partial charge >= 0.3 is 0 Å². The van der Waals surface area contributed by atoms with Crippen LogP contribution < -0.4 is 5.73 Å². The highest BCUT2D eigenvalue weighted by molar-refractivity contribution is 9.10. The zero-order valence-corrected chi connectivity index (χ0v) is 14.9. The lowest BCUT2D eigenvalue weighted by molar-refractivity contribution is 0.581. The normalized spacial score (nSPS) is 12.7. The Balaban J connectivity index is 2.34. The second-order valence-electron chi connectivity index (χ2n) is 4.82. The van der Waals surface area contributed by atoms with Crippen LogP contribution in [0.2, 0.25) is 0 Å². The summed E-state index contributed by atoms with van der Waals surface area (Å²) in [4.78, 5) is 0. The van der Waals surface area contributed by atoms with E-state index in [1.165, 1.54) is 11.3 Å². The Morgan fingerprint density at radius 1 is 1.30 bits per heavy atom. The van der Waals surface area contributed by atoms with Crippen molar-refractivity contribution in [1.82, 2.24) is 9.78 Å². The van der Waals surface area contributed by atoms with E-state index >= 15 is 0 Å². The fraction of sp³-hybridized carbons (Fsp3) is 0.400. The summed E-state index contributed by atoms with van der Waals surface area (Å²) in [5.74, 6) is 0.281. The fourth-order valence-electron chi connectivity index (χ4n) is 2.42. The summed E-state index contributed by atoms with van der Waals surface area (Å²) in [6.45, 7) is 5.62. The molecule has 2 N–H and O–H groups in total. The first kappa shape index (κ1) is 15.7. The molecule has 0 radical (unpaired) electrons. The third kappa shape index (κ3) is 3.15. The zero-order valence-electron chi connectivity index (χ0n) is 11.7. The number of nitrogens with zero attached hydrogens (tertiary/aromatic N) is 2. The maximum atomic E-state index is 6.00. The largest absolute Gasteiger partial charge is 0.330 e. The molecule has 0 aliphatic carbocycles. The van der Waals surface area contributed by atoms with Crippen LogP contribution in [0.5, 0.6) is 0 Å². The van der Waals surface area contributed by atoms with Crippen LogP contribution in [0.1, 0.15) is 29.8 Å². The molecule has 0 saturated carbocycles. The standard InChI is InChI=1S/C15H19Br2N3/c1-3-20-14(15(17)10(2)19-20)8-11(9-18)12-6-4-5-7-13(12)16/h4-7,11H,3,8-9,18H2,1-2H3. The Kier molecular flexibility index (Phi) is 5.41. The molecule has 3 nitrogen and oxygen atoms in total. The predicted octanol–water partition coefficient (Wildman–Crippen LogP) is 4.02. The average Bonchev–Trinajstić information content (AvgIpc) is 2.73. The minimum Gasteiger partial charge on any atom is -0.330 e. The van der Waals surface area contributed by atoms with Crippen molar-refractivity contribution in [3.05, 3.63) is 50.2 Å². The van der Waals surface area contributed by atoms with E-state index < -0.39 is 0 Å². The van der Waals surface area contributed by atoms with E-state index in [-0.39, 0.29) is 5.92 Å². The highest BCUT2D eigenvalue weighted by atomic mass is 79.9. The molecule has 0 fully saturated rings. The van der Waals surface area contributed by atoms with E-state index in [0.29, 0.717) is 6.54 Å². The van der Waals surface area contributed by atoms with E-state index in [9.17, 15) is 0 Å². The van der Waals surface area contributed by atoms with Gasteiger partial charge in [0.1, 0.15) is 0 Å². The molecule has 1 unspecified atom stereocenters. The summed E-state index contributed by atoms with van der Waals surface area (Å²) in [7, 11) is 0. The second-order valence-corrected chi connectivity index (χ2v) is 6.47. The number of rotatable bonds is 5. The van der Waals surface area contributed by atoms with Gasteiger partial charge in [0, 0.05) is 16.9 Å². The summed E-state index contributed by atoms with van der Waals surface area (Å²) in [5.41, 5.74) is 9.51. The molecule has 5 heteroatoms. The van der Waals surface area contributed by atoms with Gasteiger partial charge in [-0.1, -0.05) is 34.1 Å². The maximum Gasteiger partial charge on any atom is 0.0738 e. The molecular formula is C15H19Br2N3. The van der Waals surface area contributed by atoms with Gasteiger partial charge in [-0.25, -0.2) is 0 Å². The number of aryl methyl sites for hydroxylation is 2. The van der Waals surface area contributed by atoms with Crippen molar-refractivity contribution < 1.29 is 0 Å². The summed E-state index contributed by atoms with van der Waals surface area (Å²) in [5, 5.41) is 4.55. The Morgan fingerprint density at radius 3 is 2.60 bits per heavy atom. The third-order valence-electron chi connectivity index (χ3n) is 3.52. The molecule has 0 saturated heterocycles. The monoisotopic (exact) mass is 399 g/mol. The number of hydrogen-bond acceptors (Lipinski definition) is 2. The van der Waals surface area contributed by atoms with Crippen LogP contribution >= 0.6 is 31.9 Å². The number of aromatic nitrogens is 2. The first-order valence-corrected chi connectivity index (χ1v) is 8.33. The highest BCUT2D eigenvalue weighted by Crippen LogP contribution is 2.30. The van der Waals surface area contributed by atoms with E-state index in [1.54, 1.807) is 0 Å². The Morgan fingerprint density at radius 2 is 2.00 bits per heavy atom. The Bertz CT molecular complexity index is 593. The molecule has 0 aliphatic heterocycles. The van der Waals surface area contributed by atoms with Gasteiger partial charge in [-0.05, 0) is 54.4 Å². The SMILES string of the molecule is CCn1nc(C)c(Br)c1CC(CN)c1ccccc1Br. The summed E-state index contributed by atoms with van der Waals surface area (Å²) >= 11 is 7.28. The van der Waals surface area contributed by atoms with Gasteiger partial charge in [-0.2, -0.15) is 5.10 Å². The molecule has 0 amide bonds. The van der Waals surface area contributed by atoms with Crippen LogP contribution in [0.25, 0.3) is 0 Å². The summed E-state index contributed by atoms with van der Waals surface area (Å²) in [6.07, 6.45) is 0.883. The van der Waals surface area contributed by atoms with Crippen LogP contribution in [0.15, 0.2) is 33.2 Å². The molecule has 0 spiro atoms. The summed E-state index contributed by atoms with van der Waals surface area (Å²) in [6, 6.07) is 8.28. The molecular weight excluding hydrogens is 382 g/mol.